The van der Waals surface area contributed by atoms with Crippen LogP contribution in [0.15, 0.2) is 63.8 Å². The Labute approximate surface area is 223 Å². The summed E-state index contributed by atoms with van der Waals surface area (Å²) in [6, 6.07) is 13.6. The van der Waals surface area contributed by atoms with Gasteiger partial charge in [0, 0.05) is 6.54 Å². The third-order valence-corrected chi connectivity index (χ3v) is 6.79. The zero-order chi connectivity index (χ0) is 27.3. The summed E-state index contributed by atoms with van der Waals surface area (Å²) in [5.74, 6) is 1.45. The number of hydrogen-bond donors (Lipinski definition) is 0. The molecule has 39 heavy (non-hydrogen) atoms. The van der Waals surface area contributed by atoms with Crippen molar-refractivity contribution in [3.05, 3.63) is 93.1 Å². The Morgan fingerprint density at radius 1 is 1.00 bits per heavy atom. The maximum Gasteiger partial charge on any atom is 0.291 e. The molecule has 0 bridgehead atoms. The van der Waals surface area contributed by atoms with Gasteiger partial charge in [-0.05, 0) is 59.5 Å². The van der Waals surface area contributed by atoms with Crippen molar-refractivity contribution in [2.45, 2.75) is 26.4 Å². The number of carbonyl (C=O) groups excluding carboxylic acids is 1. The lowest BCUT2D eigenvalue weighted by Gasteiger charge is -2.26. The summed E-state index contributed by atoms with van der Waals surface area (Å²) in [5.41, 5.74) is 1.23. The van der Waals surface area contributed by atoms with Gasteiger partial charge in [0.2, 0.25) is 12.6 Å². The van der Waals surface area contributed by atoms with Gasteiger partial charge in [0.1, 0.15) is 11.4 Å². The summed E-state index contributed by atoms with van der Waals surface area (Å²) in [5, 5.41) is 0.0698. The first-order valence-electron chi connectivity index (χ1n) is 12.6. The zero-order valence-corrected chi connectivity index (χ0v) is 21.7. The highest BCUT2D eigenvalue weighted by molar-refractivity contribution is 5.99. The van der Waals surface area contributed by atoms with Gasteiger partial charge in [-0.3, -0.25) is 9.59 Å². The average Bonchev–Trinajstić information content (AvgIpc) is 3.50. The van der Waals surface area contributed by atoms with Gasteiger partial charge in [-0.2, -0.15) is 0 Å². The van der Waals surface area contributed by atoms with E-state index in [0.29, 0.717) is 41.1 Å². The highest BCUT2D eigenvalue weighted by atomic mass is 19.1. The van der Waals surface area contributed by atoms with Gasteiger partial charge in [0.05, 0.1) is 30.7 Å². The molecule has 0 aliphatic carbocycles. The molecule has 0 unspecified atom stereocenters. The fourth-order valence-electron chi connectivity index (χ4n) is 4.97. The van der Waals surface area contributed by atoms with Crippen molar-refractivity contribution in [2.75, 3.05) is 20.5 Å². The fraction of sp³-hybridized carbons (Fsp3) is 0.267. The second kappa shape index (κ2) is 9.65. The van der Waals surface area contributed by atoms with Gasteiger partial charge in [-0.15, -0.1) is 0 Å². The maximum atomic E-state index is 14.1. The minimum atomic E-state index is -0.810. The average molecular weight is 532 g/mol. The van der Waals surface area contributed by atoms with Gasteiger partial charge in [-0.1, -0.05) is 26.0 Å². The summed E-state index contributed by atoms with van der Waals surface area (Å²) in [4.78, 5) is 29.1. The molecule has 1 atom stereocenters. The molecular formula is C30H26FNO7. The van der Waals surface area contributed by atoms with Crippen LogP contribution >= 0.6 is 0 Å². The van der Waals surface area contributed by atoms with Gasteiger partial charge in [0.25, 0.3) is 5.91 Å². The largest absolute Gasteiger partial charge is 0.493 e. The highest BCUT2D eigenvalue weighted by Gasteiger charge is 2.43. The van der Waals surface area contributed by atoms with Crippen LogP contribution in [0.5, 0.6) is 23.0 Å². The SMILES string of the molecule is COc1cc([C@H]2c3c(oc4ccc(F)cc4c3=O)C(=O)N2Cc2ccc3c(c2)OCO3)ccc1OCC(C)C. The van der Waals surface area contributed by atoms with Gasteiger partial charge in [-0.25, -0.2) is 4.39 Å². The van der Waals surface area contributed by atoms with E-state index < -0.39 is 23.2 Å². The number of amides is 1. The van der Waals surface area contributed by atoms with Gasteiger partial charge < -0.3 is 28.3 Å². The Morgan fingerprint density at radius 2 is 1.82 bits per heavy atom. The van der Waals surface area contributed by atoms with Gasteiger partial charge in [0.15, 0.2) is 28.4 Å². The van der Waals surface area contributed by atoms with Crippen LogP contribution in [0.4, 0.5) is 4.39 Å². The predicted octanol–water partition coefficient (Wildman–Crippen LogP) is 5.45. The van der Waals surface area contributed by atoms with E-state index in [1.165, 1.54) is 19.2 Å². The number of halogens is 1. The lowest BCUT2D eigenvalue weighted by molar-refractivity contribution is 0.0714. The summed E-state index contributed by atoms with van der Waals surface area (Å²) in [6.07, 6.45) is 0. The highest BCUT2D eigenvalue weighted by Crippen LogP contribution is 2.42. The lowest BCUT2D eigenvalue weighted by atomic mass is 9.97. The molecule has 0 fully saturated rings. The second-order valence-corrected chi connectivity index (χ2v) is 9.95. The van der Waals surface area contributed by atoms with Crippen molar-refractivity contribution in [1.29, 1.82) is 0 Å². The van der Waals surface area contributed by atoms with Crippen LogP contribution in [0.1, 0.15) is 47.1 Å². The molecule has 6 rings (SSSR count). The lowest BCUT2D eigenvalue weighted by Crippen LogP contribution is -2.29. The number of methoxy groups -OCH3 is 1. The first kappa shape index (κ1) is 24.8. The minimum Gasteiger partial charge on any atom is -0.493 e. The molecular weight excluding hydrogens is 505 g/mol. The van der Waals surface area contributed by atoms with Crippen LogP contribution < -0.4 is 24.4 Å². The monoisotopic (exact) mass is 531 g/mol. The van der Waals surface area contributed by atoms with Crippen LogP contribution in [-0.4, -0.2) is 31.3 Å². The molecule has 2 aliphatic heterocycles. The number of fused-ring (bicyclic) bond motifs is 3. The van der Waals surface area contributed by atoms with Crippen LogP contribution in [-0.2, 0) is 6.54 Å². The van der Waals surface area contributed by atoms with Crippen LogP contribution in [0.2, 0.25) is 0 Å². The maximum absolute atomic E-state index is 14.1. The predicted molar refractivity (Wildman–Crippen MR) is 140 cm³/mol. The standard InChI is InChI=1S/C30H26FNO7/c1-16(2)14-36-22-8-5-18(11-24(22)35-3)27-26-28(33)20-12-19(31)6-9-21(20)39-29(26)30(34)32(27)13-17-4-7-23-25(10-17)38-15-37-23/h4-12,16,27H,13-15H2,1-3H3/t27-/m0/s1. The van der Waals surface area contributed by atoms with E-state index in [2.05, 4.69) is 0 Å². The molecule has 4 aromatic rings. The summed E-state index contributed by atoms with van der Waals surface area (Å²) >= 11 is 0. The van der Waals surface area contributed by atoms with E-state index in [9.17, 15) is 14.0 Å². The van der Waals surface area contributed by atoms with E-state index >= 15 is 0 Å². The normalized spacial score (nSPS) is 15.8. The third-order valence-electron chi connectivity index (χ3n) is 6.79. The van der Waals surface area contributed by atoms with Crippen LogP contribution in [0.3, 0.4) is 0 Å². The smallest absolute Gasteiger partial charge is 0.291 e. The van der Waals surface area contributed by atoms with E-state index in [0.717, 1.165) is 11.6 Å². The van der Waals surface area contributed by atoms with Crippen molar-refractivity contribution < 1.29 is 32.5 Å². The number of nitrogens with zero attached hydrogens (tertiary/aromatic N) is 1. The Balaban J connectivity index is 1.49. The van der Waals surface area contributed by atoms with Crippen molar-refractivity contribution in [3.63, 3.8) is 0 Å². The molecule has 3 aromatic carbocycles. The summed E-state index contributed by atoms with van der Waals surface area (Å²) in [6.45, 7) is 4.87. The fourth-order valence-corrected chi connectivity index (χ4v) is 4.97. The Kier molecular flexibility index (Phi) is 6.13. The third kappa shape index (κ3) is 4.33. The quantitative estimate of drug-likeness (QED) is 0.313. The van der Waals surface area contributed by atoms with Gasteiger partial charge >= 0.3 is 0 Å². The van der Waals surface area contributed by atoms with Crippen molar-refractivity contribution in [2.24, 2.45) is 5.92 Å². The Morgan fingerprint density at radius 3 is 2.62 bits per heavy atom. The van der Waals surface area contributed by atoms with E-state index in [1.807, 2.05) is 19.9 Å². The number of benzene rings is 3. The molecule has 200 valence electrons. The first-order chi connectivity index (χ1) is 18.8. The van der Waals surface area contributed by atoms with Crippen molar-refractivity contribution >= 4 is 16.9 Å². The molecule has 0 saturated heterocycles. The topological polar surface area (TPSA) is 87.4 Å². The molecule has 1 amide bonds. The number of carbonyl (C=O) groups is 1. The Bertz CT molecular complexity index is 1660. The Hall–Kier alpha value is -4.53. The molecule has 2 aliphatic rings. The van der Waals surface area contributed by atoms with Crippen molar-refractivity contribution in [1.82, 2.24) is 4.90 Å². The summed E-state index contributed by atoms with van der Waals surface area (Å²) in [7, 11) is 1.53. The van der Waals surface area contributed by atoms with Crippen molar-refractivity contribution in [3.8, 4) is 23.0 Å². The molecule has 3 heterocycles. The molecule has 0 saturated carbocycles. The van der Waals surface area contributed by atoms with E-state index in [4.69, 9.17) is 23.4 Å². The zero-order valence-electron chi connectivity index (χ0n) is 21.7. The molecule has 8 nitrogen and oxygen atoms in total. The molecule has 0 radical (unpaired) electrons. The molecule has 0 spiro atoms. The van der Waals surface area contributed by atoms with E-state index in [-0.39, 0.29) is 35.6 Å². The second-order valence-electron chi connectivity index (χ2n) is 9.95. The summed E-state index contributed by atoms with van der Waals surface area (Å²) < 4.78 is 42.5. The van der Waals surface area contributed by atoms with E-state index in [1.54, 1.807) is 35.2 Å². The number of ether oxygens (including phenoxy) is 4. The van der Waals surface area contributed by atoms with Crippen LogP contribution in [0, 0.1) is 11.7 Å². The van der Waals surface area contributed by atoms with Crippen LogP contribution in [0.25, 0.3) is 11.0 Å². The first-order valence-corrected chi connectivity index (χ1v) is 12.6. The minimum absolute atomic E-state index is 0.0658. The molecule has 9 heteroatoms. The number of hydrogen-bond acceptors (Lipinski definition) is 7. The molecule has 0 N–H and O–H groups in total. The molecule has 1 aromatic heterocycles. The number of rotatable bonds is 7.